The molecule has 1 aliphatic carbocycles. The summed E-state index contributed by atoms with van der Waals surface area (Å²) in [5.41, 5.74) is 2.91. The van der Waals surface area contributed by atoms with Crippen molar-refractivity contribution in [1.82, 2.24) is 10.2 Å². The number of nitriles is 1. The zero-order valence-electron chi connectivity index (χ0n) is 20.7. The number of rotatable bonds is 6. The van der Waals surface area contributed by atoms with Crippen molar-refractivity contribution >= 4 is 11.9 Å². The van der Waals surface area contributed by atoms with E-state index >= 15 is 0 Å². The summed E-state index contributed by atoms with van der Waals surface area (Å²) in [7, 11) is 1.34. The van der Waals surface area contributed by atoms with Crippen molar-refractivity contribution in [2.24, 2.45) is 11.8 Å². The van der Waals surface area contributed by atoms with Crippen LogP contribution in [0.15, 0.2) is 42.5 Å². The molecule has 7 nitrogen and oxygen atoms in total. The minimum Gasteiger partial charge on any atom is -0.493 e. The van der Waals surface area contributed by atoms with Gasteiger partial charge in [-0.25, -0.2) is 4.79 Å². The predicted octanol–water partition coefficient (Wildman–Crippen LogP) is 4.13. The van der Waals surface area contributed by atoms with Crippen molar-refractivity contribution in [1.29, 1.82) is 5.26 Å². The number of carbonyl (C=O) groups is 2. The Kier molecular flexibility index (Phi) is 7.24. The van der Waals surface area contributed by atoms with E-state index in [0.29, 0.717) is 34.4 Å². The van der Waals surface area contributed by atoms with Gasteiger partial charge in [-0.15, -0.1) is 0 Å². The first-order valence-corrected chi connectivity index (χ1v) is 12.9. The summed E-state index contributed by atoms with van der Waals surface area (Å²) in [4.78, 5) is 26.8. The van der Waals surface area contributed by atoms with E-state index in [9.17, 15) is 14.9 Å². The molecule has 1 amide bonds. The smallest absolute Gasteiger partial charge is 0.337 e. The third-order valence-electron chi connectivity index (χ3n) is 8.11. The van der Waals surface area contributed by atoms with Crippen LogP contribution in [-0.4, -0.2) is 56.2 Å². The maximum atomic E-state index is 12.6. The van der Waals surface area contributed by atoms with E-state index in [-0.39, 0.29) is 11.9 Å². The van der Waals surface area contributed by atoms with Crippen molar-refractivity contribution in [2.45, 2.75) is 44.1 Å². The van der Waals surface area contributed by atoms with Crippen molar-refractivity contribution in [3.63, 3.8) is 0 Å². The third kappa shape index (κ3) is 5.24. The molecule has 2 heterocycles. The fourth-order valence-corrected chi connectivity index (χ4v) is 6.01. The Hall–Kier alpha value is -3.37. The minimum atomic E-state index is -0.403. The summed E-state index contributed by atoms with van der Waals surface area (Å²) < 4.78 is 10.7. The number of hydrogen-bond donors (Lipinski definition) is 1. The highest BCUT2D eigenvalue weighted by molar-refractivity contribution is 5.96. The van der Waals surface area contributed by atoms with Crippen LogP contribution in [0.25, 0.3) is 0 Å². The van der Waals surface area contributed by atoms with Crippen molar-refractivity contribution < 1.29 is 19.1 Å². The number of ether oxygens (including phenoxy) is 2. The second-order valence-electron chi connectivity index (χ2n) is 10.4. The number of hydrogen-bond acceptors (Lipinski definition) is 6. The molecule has 0 aromatic heterocycles. The Morgan fingerprint density at radius 1 is 1.08 bits per heavy atom. The maximum Gasteiger partial charge on any atom is 0.337 e. The van der Waals surface area contributed by atoms with Gasteiger partial charge in [0.2, 0.25) is 0 Å². The fourth-order valence-electron chi connectivity index (χ4n) is 6.01. The van der Waals surface area contributed by atoms with E-state index in [2.05, 4.69) is 16.3 Å². The highest BCUT2D eigenvalue weighted by Crippen LogP contribution is 2.42. The number of methoxy groups -OCH3 is 1. The zero-order valence-corrected chi connectivity index (χ0v) is 20.7. The molecule has 0 bridgehead atoms. The van der Waals surface area contributed by atoms with Crippen LogP contribution in [0.1, 0.15) is 69.9 Å². The third-order valence-corrected chi connectivity index (χ3v) is 8.11. The molecule has 0 unspecified atom stereocenters. The number of esters is 1. The van der Waals surface area contributed by atoms with Crippen LogP contribution in [0, 0.1) is 23.2 Å². The van der Waals surface area contributed by atoms with Crippen molar-refractivity contribution in [3.8, 4) is 11.8 Å². The molecule has 1 saturated carbocycles. The molecule has 0 radical (unpaired) electrons. The van der Waals surface area contributed by atoms with Crippen LogP contribution in [0.4, 0.5) is 0 Å². The van der Waals surface area contributed by atoms with E-state index < -0.39 is 5.97 Å². The lowest BCUT2D eigenvalue weighted by Crippen LogP contribution is -2.38. The highest BCUT2D eigenvalue weighted by Gasteiger charge is 2.39. The average Bonchev–Trinajstić information content (AvgIpc) is 3.35. The van der Waals surface area contributed by atoms with Gasteiger partial charge in [0.05, 0.1) is 30.9 Å². The molecule has 2 aromatic carbocycles. The summed E-state index contributed by atoms with van der Waals surface area (Å²) in [6.45, 7) is 3.95. The maximum absolute atomic E-state index is 12.6. The number of carbonyl (C=O) groups excluding carboxylic acids is 2. The summed E-state index contributed by atoms with van der Waals surface area (Å²) in [6.07, 6.45) is 5.44. The molecule has 1 N–H and O–H groups in total. The van der Waals surface area contributed by atoms with Gasteiger partial charge in [-0.05, 0) is 87.0 Å². The standard InChI is InChI=1S/C29H33N3O4/c1-35-29(34)22-7-5-21(6-8-22)28(33)31-24-9-2-19(3-10-24)12-13-32-16-23-18-36-27-11-4-20(15-30)14-25(27)26(23)17-32/h4-8,11,14,19,23-24,26H,2-3,9-10,12-13,16-18H2,1H3,(H,31,33)/t19?,23-,24?,26+/m0/s1. The summed E-state index contributed by atoms with van der Waals surface area (Å²) >= 11 is 0. The lowest BCUT2D eigenvalue weighted by molar-refractivity contribution is 0.0600. The van der Waals surface area contributed by atoms with Gasteiger partial charge in [-0.2, -0.15) is 5.26 Å². The SMILES string of the molecule is COC(=O)c1ccc(C(=O)NC2CCC(CCN3C[C@H]4COc5ccc(C#N)cc5[C@@H]4C3)CC2)cc1. The van der Waals surface area contributed by atoms with E-state index in [0.717, 1.165) is 57.7 Å². The number of amides is 1. The topological polar surface area (TPSA) is 91.7 Å². The first-order chi connectivity index (χ1) is 17.5. The van der Waals surface area contributed by atoms with Gasteiger partial charge in [-0.1, -0.05) is 0 Å². The summed E-state index contributed by atoms with van der Waals surface area (Å²) in [5.74, 6) is 2.09. The van der Waals surface area contributed by atoms with Gasteiger partial charge in [0.25, 0.3) is 5.91 Å². The van der Waals surface area contributed by atoms with Crippen molar-refractivity contribution in [3.05, 3.63) is 64.7 Å². The Balaban J connectivity index is 1.06. The Morgan fingerprint density at radius 3 is 2.56 bits per heavy atom. The van der Waals surface area contributed by atoms with Gasteiger partial charge in [-0.3, -0.25) is 4.79 Å². The normalized spacial score (nSPS) is 25.1. The van der Waals surface area contributed by atoms with E-state index in [1.54, 1.807) is 24.3 Å². The molecule has 36 heavy (non-hydrogen) atoms. The van der Waals surface area contributed by atoms with Crippen LogP contribution >= 0.6 is 0 Å². The highest BCUT2D eigenvalue weighted by atomic mass is 16.5. The Morgan fingerprint density at radius 2 is 1.83 bits per heavy atom. The van der Waals surface area contributed by atoms with Crippen LogP contribution in [0.3, 0.4) is 0 Å². The van der Waals surface area contributed by atoms with Gasteiger partial charge >= 0.3 is 5.97 Å². The first kappa shape index (κ1) is 24.3. The minimum absolute atomic E-state index is 0.0865. The number of likely N-dealkylation sites (tertiary alicyclic amines) is 1. The quantitative estimate of drug-likeness (QED) is 0.616. The van der Waals surface area contributed by atoms with E-state index in [4.69, 9.17) is 9.47 Å². The van der Waals surface area contributed by atoms with Gasteiger partial charge < -0.3 is 19.7 Å². The molecule has 2 fully saturated rings. The van der Waals surface area contributed by atoms with Crippen LogP contribution in [-0.2, 0) is 4.74 Å². The second-order valence-corrected chi connectivity index (χ2v) is 10.4. The number of nitrogens with one attached hydrogen (secondary N) is 1. The lowest BCUT2D eigenvalue weighted by atomic mass is 9.84. The monoisotopic (exact) mass is 487 g/mol. The van der Waals surface area contributed by atoms with E-state index in [1.807, 2.05) is 18.2 Å². The van der Waals surface area contributed by atoms with Crippen LogP contribution < -0.4 is 10.1 Å². The van der Waals surface area contributed by atoms with Crippen molar-refractivity contribution in [2.75, 3.05) is 33.4 Å². The Labute approximate surface area is 212 Å². The first-order valence-electron chi connectivity index (χ1n) is 12.9. The van der Waals surface area contributed by atoms with Gasteiger partial charge in [0.15, 0.2) is 0 Å². The van der Waals surface area contributed by atoms with E-state index in [1.165, 1.54) is 19.1 Å². The zero-order chi connectivity index (χ0) is 25.1. The van der Waals surface area contributed by atoms with Gasteiger partial charge in [0, 0.05) is 42.1 Å². The molecule has 5 rings (SSSR count). The number of benzene rings is 2. The molecule has 1 saturated heterocycles. The number of fused-ring (bicyclic) bond motifs is 3. The fraction of sp³-hybridized carbons (Fsp3) is 0.483. The van der Waals surface area contributed by atoms with Crippen LogP contribution in [0.5, 0.6) is 5.75 Å². The second kappa shape index (κ2) is 10.7. The number of nitrogens with zero attached hydrogens (tertiary/aromatic N) is 2. The summed E-state index contributed by atoms with van der Waals surface area (Å²) in [5, 5.41) is 12.4. The molecule has 2 aromatic rings. The largest absolute Gasteiger partial charge is 0.493 e. The van der Waals surface area contributed by atoms with Crippen LogP contribution in [0.2, 0.25) is 0 Å². The Bertz CT molecular complexity index is 1150. The lowest BCUT2D eigenvalue weighted by Gasteiger charge is -2.30. The molecular formula is C29H33N3O4. The molecule has 2 aliphatic heterocycles. The molecule has 0 spiro atoms. The average molecular weight is 488 g/mol. The predicted molar refractivity (Wildman–Crippen MR) is 135 cm³/mol. The summed E-state index contributed by atoms with van der Waals surface area (Å²) in [6, 6.07) is 14.8. The van der Waals surface area contributed by atoms with Gasteiger partial charge in [0.1, 0.15) is 5.75 Å². The molecule has 188 valence electrons. The molecule has 7 heteroatoms. The molecule has 2 atom stereocenters. The molecule has 3 aliphatic rings. The molecular weight excluding hydrogens is 454 g/mol.